The molecule has 0 spiro atoms. The predicted molar refractivity (Wildman–Crippen MR) is 125 cm³/mol. The van der Waals surface area contributed by atoms with Gasteiger partial charge in [0, 0.05) is 38.9 Å². The summed E-state index contributed by atoms with van der Waals surface area (Å²) in [5.41, 5.74) is 1.97. The fourth-order valence-electron chi connectivity index (χ4n) is 2.98. The number of rotatable bonds is 8. The zero-order valence-electron chi connectivity index (χ0n) is 18.0. The minimum Gasteiger partial charge on any atom is -0.494 e. The van der Waals surface area contributed by atoms with Crippen LogP contribution in [0.3, 0.4) is 0 Å². The van der Waals surface area contributed by atoms with Gasteiger partial charge < -0.3 is 19.9 Å². The van der Waals surface area contributed by atoms with Crippen LogP contribution >= 0.6 is 24.0 Å². The Labute approximate surface area is 189 Å². The quantitative estimate of drug-likeness (QED) is 0.331. The standard InChI is InChI=1S/C20H31FN6O.HI/c1-7-22-20(23-12-18(25(2)3)16-11-24-27(5)14-16)26(4)13-15-8-9-19(28-6)17(21)10-15;/h8-11,14,18H,7,12-13H2,1-6H3,(H,22,23);1H. The van der Waals surface area contributed by atoms with Crippen molar-refractivity contribution in [2.24, 2.45) is 12.0 Å². The van der Waals surface area contributed by atoms with Gasteiger partial charge in [0.2, 0.25) is 0 Å². The molecule has 0 amide bonds. The molecule has 29 heavy (non-hydrogen) atoms. The molecular weight excluding hydrogens is 486 g/mol. The van der Waals surface area contributed by atoms with E-state index >= 15 is 0 Å². The topological polar surface area (TPSA) is 57.9 Å². The Bertz CT molecular complexity index is 795. The largest absolute Gasteiger partial charge is 0.494 e. The van der Waals surface area contributed by atoms with E-state index in [1.165, 1.54) is 13.2 Å². The fourth-order valence-corrected chi connectivity index (χ4v) is 2.98. The van der Waals surface area contributed by atoms with Crippen molar-refractivity contribution < 1.29 is 9.13 Å². The average Bonchev–Trinajstić information content (AvgIpc) is 3.06. The first-order chi connectivity index (χ1) is 13.3. The molecule has 1 aromatic carbocycles. The van der Waals surface area contributed by atoms with E-state index in [9.17, 15) is 4.39 Å². The summed E-state index contributed by atoms with van der Waals surface area (Å²) in [5.74, 6) is 0.659. The van der Waals surface area contributed by atoms with Crippen molar-refractivity contribution in [1.82, 2.24) is 24.9 Å². The molecule has 0 fully saturated rings. The van der Waals surface area contributed by atoms with Crippen LogP contribution in [-0.2, 0) is 13.6 Å². The number of nitrogens with one attached hydrogen (secondary N) is 1. The van der Waals surface area contributed by atoms with Gasteiger partial charge >= 0.3 is 0 Å². The molecule has 1 aromatic heterocycles. The van der Waals surface area contributed by atoms with Crippen LogP contribution in [0.25, 0.3) is 0 Å². The molecule has 1 heterocycles. The predicted octanol–water partition coefficient (Wildman–Crippen LogP) is 2.89. The van der Waals surface area contributed by atoms with Gasteiger partial charge in [-0.25, -0.2) is 4.39 Å². The van der Waals surface area contributed by atoms with E-state index in [-0.39, 0.29) is 41.6 Å². The number of aliphatic imine (C=N–C) groups is 1. The zero-order chi connectivity index (χ0) is 20.7. The minimum atomic E-state index is -0.361. The van der Waals surface area contributed by atoms with Crippen LogP contribution in [0.2, 0.25) is 0 Å². The molecule has 7 nitrogen and oxygen atoms in total. The average molecular weight is 518 g/mol. The van der Waals surface area contributed by atoms with E-state index in [1.54, 1.807) is 10.7 Å². The molecule has 9 heteroatoms. The Balaban J connectivity index is 0.00000420. The van der Waals surface area contributed by atoms with Crippen LogP contribution in [0.5, 0.6) is 5.75 Å². The maximum atomic E-state index is 14.0. The highest BCUT2D eigenvalue weighted by Gasteiger charge is 2.17. The third-order valence-corrected chi connectivity index (χ3v) is 4.48. The zero-order valence-corrected chi connectivity index (χ0v) is 20.3. The molecule has 0 aliphatic heterocycles. The fraction of sp³-hybridized carbons (Fsp3) is 0.500. The van der Waals surface area contributed by atoms with E-state index in [1.807, 2.05) is 58.5 Å². The normalized spacial score (nSPS) is 12.5. The summed E-state index contributed by atoms with van der Waals surface area (Å²) in [6.07, 6.45) is 3.88. The van der Waals surface area contributed by atoms with Gasteiger partial charge in [0.15, 0.2) is 17.5 Å². The van der Waals surface area contributed by atoms with Crippen LogP contribution in [-0.4, -0.2) is 66.9 Å². The van der Waals surface area contributed by atoms with Crippen molar-refractivity contribution in [3.8, 4) is 5.75 Å². The number of nitrogens with zero attached hydrogens (tertiary/aromatic N) is 5. The molecule has 0 bridgehead atoms. The number of hydrogen-bond donors (Lipinski definition) is 1. The summed E-state index contributed by atoms with van der Waals surface area (Å²) in [4.78, 5) is 8.92. The number of halogens is 2. The van der Waals surface area contributed by atoms with Gasteiger partial charge in [-0.1, -0.05) is 6.07 Å². The van der Waals surface area contributed by atoms with Gasteiger partial charge in [0.25, 0.3) is 0 Å². The summed E-state index contributed by atoms with van der Waals surface area (Å²) in [6.45, 7) is 3.90. The van der Waals surface area contributed by atoms with Crippen molar-refractivity contribution in [2.45, 2.75) is 19.5 Å². The number of aryl methyl sites for hydroxylation is 1. The molecule has 0 radical (unpaired) electrons. The van der Waals surface area contributed by atoms with Gasteiger partial charge in [0.05, 0.1) is 25.9 Å². The molecule has 1 atom stereocenters. The molecule has 0 aliphatic rings. The molecular formula is C20H32FIN6O. The Kier molecular flexibility index (Phi) is 10.4. The molecule has 2 aromatic rings. The van der Waals surface area contributed by atoms with Crippen LogP contribution in [0.4, 0.5) is 4.39 Å². The van der Waals surface area contributed by atoms with Crippen molar-refractivity contribution >= 4 is 29.9 Å². The monoisotopic (exact) mass is 518 g/mol. The van der Waals surface area contributed by atoms with Crippen molar-refractivity contribution in [3.05, 3.63) is 47.5 Å². The van der Waals surface area contributed by atoms with Crippen molar-refractivity contribution in [3.63, 3.8) is 0 Å². The Morgan fingerprint density at radius 2 is 2.07 bits per heavy atom. The summed E-state index contributed by atoms with van der Waals surface area (Å²) in [5, 5.41) is 7.58. The summed E-state index contributed by atoms with van der Waals surface area (Å²) >= 11 is 0. The highest BCUT2D eigenvalue weighted by atomic mass is 127. The summed E-state index contributed by atoms with van der Waals surface area (Å²) < 4.78 is 20.8. The summed E-state index contributed by atoms with van der Waals surface area (Å²) in [7, 11) is 9.38. The molecule has 1 unspecified atom stereocenters. The van der Waals surface area contributed by atoms with Gasteiger partial charge in [-0.2, -0.15) is 5.10 Å². The van der Waals surface area contributed by atoms with E-state index in [2.05, 4.69) is 15.3 Å². The first kappa shape index (κ1) is 25.2. The third kappa shape index (κ3) is 7.14. The summed E-state index contributed by atoms with van der Waals surface area (Å²) in [6, 6.07) is 5.12. The lowest BCUT2D eigenvalue weighted by Gasteiger charge is -2.25. The second-order valence-electron chi connectivity index (χ2n) is 6.95. The number of likely N-dealkylation sites (N-methyl/N-ethyl adjacent to an activating group) is 1. The molecule has 0 saturated carbocycles. The SMILES string of the molecule is CCNC(=NCC(c1cnn(C)c1)N(C)C)N(C)Cc1ccc(OC)c(F)c1.I. The van der Waals surface area contributed by atoms with E-state index in [0.717, 1.165) is 23.6 Å². The Hall–Kier alpha value is -1.88. The highest BCUT2D eigenvalue weighted by Crippen LogP contribution is 2.19. The number of methoxy groups -OCH3 is 1. The smallest absolute Gasteiger partial charge is 0.194 e. The number of ether oxygens (including phenoxy) is 1. The Morgan fingerprint density at radius 3 is 2.59 bits per heavy atom. The number of hydrogen-bond acceptors (Lipinski definition) is 4. The van der Waals surface area contributed by atoms with Gasteiger partial charge in [-0.15, -0.1) is 24.0 Å². The third-order valence-electron chi connectivity index (χ3n) is 4.48. The van der Waals surface area contributed by atoms with Gasteiger partial charge in [-0.05, 0) is 38.7 Å². The molecule has 0 saturated heterocycles. The minimum absolute atomic E-state index is 0. The van der Waals surface area contributed by atoms with Crippen LogP contribution in [0, 0.1) is 5.82 Å². The number of aromatic nitrogens is 2. The lowest BCUT2D eigenvalue weighted by Crippen LogP contribution is -2.39. The highest BCUT2D eigenvalue weighted by molar-refractivity contribution is 14.0. The molecule has 1 N–H and O–H groups in total. The Morgan fingerprint density at radius 1 is 1.34 bits per heavy atom. The van der Waals surface area contributed by atoms with E-state index in [0.29, 0.717) is 13.1 Å². The van der Waals surface area contributed by atoms with Crippen molar-refractivity contribution in [1.29, 1.82) is 0 Å². The maximum Gasteiger partial charge on any atom is 0.194 e. The lowest BCUT2D eigenvalue weighted by atomic mass is 10.1. The lowest BCUT2D eigenvalue weighted by molar-refractivity contribution is 0.305. The first-order valence-corrected chi connectivity index (χ1v) is 9.32. The van der Waals surface area contributed by atoms with Crippen LogP contribution < -0.4 is 10.1 Å². The number of guanidine groups is 1. The molecule has 2 rings (SSSR count). The maximum absolute atomic E-state index is 14.0. The van der Waals surface area contributed by atoms with E-state index in [4.69, 9.17) is 9.73 Å². The van der Waals surface area contributed by atoms with Crippen LogP contribution in [0.15, 0.2) is 35.6 Å². The van der Waals surface area contributed by atoms with Crippen molar-refractivity contribution in [2.75, 3.05) is 41.3 Å². The second kappa shape index (κ2) is 12.0. The first-order valence-electron chi connectivity index (χ1n) is 9.32. The number of benzene rings is 1. The van der Waals surface area contributed by atoms with Crippen LogP contribution in [0.1, 0.15) is 24.1 Å². The molecule has 162 valence electrons. The van der Waals surface area contributed by atoms with Gasteiger partial charge in [0.1, 0.15) is 0 Å². The van der Waals surface area contributed by atoms with E-state index < -0.39 is 0 Å². The molecule has 0 aliphatic carbocycles. The van der Waals surface area contributed by atoms with Gasteiger partial charge in [-0.3, -0.25) is 9.67 Å². The second-order valence-corrected chi connectivity index (χ2v) is 6.95.